The number of ether oxygens (including phenoxy) is 2. The first-order valence-electron chi connectivity index (χ1n) is 10.8. The highest BCUT2D eigenvalue weighted by molar-refractivity contribution is 7.17. The Morgan fingerprint density at radius 3 is 2.56 bits per heavy atom. The monoisotopic (exact) mass is 449 g/mol. The van der Waals surface area contributed by atoms with Gasteiger partial charge in [0.25, 0.3) is 5.91 Å². The normalized spacial score (nSPS) is 10.9. The van der Waals surface area contributed by atoms with Crippen LogP contribution >= 0.6 is 11.3 Å². The van der Waals surface area contributed by atoms with Crippen LogP contribution in [0.1, 0.15) is 35.5 Å². The molecule has 6 nitrogen and oxygen atoms in total. The van der Waals surface area contributed by atoms with Crippen molar-refractivity contribution in [3.8, 4) is 11.5 Å². The molecule has 0 unspecified atom stereocenters. The summed E-state index contributed by atoms with van der Waals surface area (Å²) in [6.07, 6.45) is 4.26. The van der Waals surface area contributed by atoms with Gasteiger partial charge in [-0.1, -0.05) is 6.07 Å². The Kier molecular flexibility index (Phi) is 7.07. The second-order valence-electron chi connectivity index (χ2n) is 7.29. The molecule has 0 saturated heterocycles. The molecule has 0 radical (unpaired) electrons. The molecule has 7 heteroatoms. The van der Waals surface area contributed by atoms with Gasteiger partial charge in [-0.15, -0.1) is 11.3 Å². The number of nitrogens with one attached hydrogen (secondary N) is 1. The van der Waals surface area contributed by atoms with E-state index < -0.39 is 0 Å². The highest BCUT2D eigenvalue weighted by Crippen LogP contribution is 2.29. The van der Waals surface area contributed by atoms with Crippen LogP contribution < -0.4 is 14.8 Å². The summed E-state index contributed by atoms with van der Waals surface area (Å²) in [5.41, 5.74) is 3.94. The smallest absolute Gasteiger partial charge is 0.267 e. The van der Waals surface area contributed by atoms with Gasteiger partial charge in [0.05, 0.1) is 23.4 Å². The second-order valence-corrected chi connectivity index (χ2v) is 8.24. The quantitative estimate of drug-likeness (QED) is 0.373. The lowest BCUT2D eigenvalue weighted by Gasteiger charge is -2.13. The fraction of sp³-hybridized carbons (Fsp3) is 0.280. The Morgan fingerprint density at radius 1 is 1.00 bits per heavy atom. The molecule has 4 rings (SSSR count). The van der Waals surface area contributed by atoms with Gasteiger partial charge < -0.3 is 19.4 Å². The molecule has 1 N–H and O–H groups in total. The maximum Gasteiger partial charge on any atom is 0.267 e. The van der Waals surface area contributed by atoms with E-state index in [0.717, 1.165) is 32.8 Å². The standard InChI is InChI=1S/C25H27N3O3S/c1-3-30-22-6-5-18(15-23(22)31-4-2)9-13-27-25(29)21-16-24-20(10-14-32-24)28(21)17-19-7-11-26-12-8-19/h5-8,10-12,14-16H,3-4,9,13,17H2,1-2H3,(H,27,29). The van der Waals surface area contributed by atoms with Gasteiger partial charge in [0.15, 0.2) is 11.5 Å². The van der Waals surface area contributed by atoms with Gasteiger partial charge in [-0.3, -0.25) is 9.78 Å². The number of aromatic nitrogens is 2. The number of amides is 1. The van der Waals surface area contributed by atoms with Crippen LogP contribution in [-0.4, -0.2) is 35.2 Å². The Labute approximate surface area is 191 Å². The number of pyridine rings is 1. The fourth-order valence-electron chi connectivity index (χ4n) is 3.67. The highest BCUT2D eigenvalue weighted by atomic mass is 32.1. The number of hydrogen-bond acceptors (Lipinski definition) is 5. The molecule has 1 aromatic carbocycles. The molecule has 0 aliphatic rings. The summed E-state index contributed by atoms with van der Waals surface area (Å²) in [6, 6.07) is 13.9. The maximum atomic E-state index is 13.0. The van der Waals surface area contributed by atoms with Crippen LogP contribution in [0.2, 0.25) is 0 Å². The molecular formula is C25H27N3O3S. The van der Waals surface area contributed by atoms with Gasteiger partial charge in [0.2, 0.25) is 0 Å². The van der Waals surface area contributed by atoms with Gasteiger partial charge in [-0.25, -0.2) is 0 Å². The molecule has 0 atom stereocenters. The molecule has 1 amide bonds. The van der Waals surface area contributed by atoms with E-state index in [-0.39, 0.29) is 5.91 Å². The molecule has 166 valence electrons. The van der Waals surface area contributed by atoms with Gasteiger partial charge in [0.1, 0.15) is 5.69 Å². The van der Waals surface area contributed by atoms with Crippen molar-refractivity contribution in [1.29, 1.82) is 0 Å². The van der Waals surface area contributed by atoms with E-state index in [0.29, 0.717) is 38.4 Å². The van der Waals surface area contributed by atoms with Crippen LogP contribution in [0.15, 0.2) is 60.2 Å². The number of rotatable bonds is 10. The number of thiophene rings is 1. The molecule has 0 aliphatic heterocycles. The van der Waals surface area contributed by atoms with E-state index in [2.05, 4.69) is 26.3 Å². The molecule has 3 heterocycles. The van der Waals surface area contributed by atoms with E-state index in [1.165, 1.54) is 0 Å². The second kappa shape index (κ2) is 10.3. The van der Waals surface area contributed by atoms with Crippen molar-refractivity contribution in [2.24, 2.45) is 0 Å². The predicted molar refractivity (Wildman–Crippen MR) is 128 cm³/mol. The summed E-state index contributed by atoms with van der Waals surface area (Å²) in [6.45, 7) is 6.23. The van der Waals surface area contributed by atoms with E-state index in [1.54, 1.807) is 23.7 Å². The molecule has 3 aromatic heterocycles. The van der Waals surface area contributed by atoms with Crippen LogP contribution in [0.5, 0.6) is 11.5 Å². The van der Waals surface area contributed by atoms with Gasteiger partial charge in [0, 0.05) is 25.5 Å². The Bertz CT molecular complexity index is 1180. The SMILES string of the molecule is CCOc1ccc(CCNC(=O)c2cc3sccc3n2Cc2ccncc2)cc1OCC. The zero-order chi connectivity index (χ0) is 22.3. The number of hydrogen-bond donors (Lipinski definition) is 1. The number of carbonyl (C=O) groups excluding carboxylic acids is 1. The molecule has 0 bridgehead atoms. The lowest BCUT2D eigenvalue weighted by atomic mass is 10.1. The first-order chi connectivity index (χ1) is 15.7. The van der Waals surface area contributed by atoms with E-state index in [4.69, 9.17) is 9.47 Å². The van der Waals surface area contributed by atoms with Crippen molar-refractivity contribution in [1.82, 2.24) is 14.9 Å². The van der Waals surface area contributed by atoms with E-state index in [1.807, 2.05) is 50.2 Å². The summed E-state index contributed by atoms with van der Waals surface area (Å²) in [5.74, 6) is 1.42. The zero-order valence-electron chi connectivity index (χ0n) is 18.3. The number of benzene rings is 1. The third-order valence-electron chi connectivity index (χ3n) is 5.15. The molecule has 0 aliphatic carbocycles. The van der Waals surface area contributed by atoms with Crippen LogP contribution in [0, 0.1) is 0 Å². The molecule has 32 heavy (non-hydrogen) atoms. The van der Waals surface area contributed by atoms with Crippen molar-refractivity contribution in [2.75, 3.05) is 19.8 Å². The molecule has 0 spiro atoms. The van der Waals surface area contributed by atoms with Crippen LogP contribution in [0.3, 0.4) is 0 Å². The van der Waals surface area contributed by atoms with Gasteiger partial charge in [-0.2, -0.15) is 0 Å². The zero-order valence-corrected chi connectivity index (χ0v) is 19.2. The summed E-state index contributed by atoms with van der Waals surface area (Å²) in [4.78, 5) is 17.1. The number of carbonyl (C=O) groups is 1. The van der Waals surface area contributed by atoms with Crippen molar-refractivity contribution in [3.63, 3.8) is 0 Å². The Balaban J connectivity index is 1.45. The average Bonchev–Trinajstić information content (AvgIpc) is 3.39. The fourth-order valence-corrected chi connectivity index (χ4v) is 4.49. The summed E-state index contributed by atoms with van der Waals surface area (Å²) in [5, 5.41) is 5.13. The van der Waals surface area contributed by atoms with E-state index in [9.17, 15) is 4.79 Å². The highest BCUT2D eigenvalue weighted by Gasteiger charge is 2.16. The molecule has 4 aromatic rings. The molecule has 0 fully saturated rings. The lowest BCUT2D eigenvalue weighted by molar-refractivity contribution is 0.0946. The summed E-state index contributed by atoms with van der Waals surface area (Å²) in [7, 11) is 0. The summed E-state index contributed by atoms with van der Waals surface area (Å²) >= 11 is 1.64. The topological polar surface area (TPSA) is 65.4 Å². The minimum atomic E-state index is -0.0709. The van der Waals surface area contributed by atoms with Crippen LogP contribution in [0.25, 0.3) is 10.2 Å². The van der Waals surface area contributed by atoms with Gasteiger partial charge in [-0.05, 0) is 73.2 Å². The minimum absolute atomic E-state index is 0.0709. The predicted octanol–water partition coefficient (Wildman–Crippen LogP) is 4.92. The number of nitrogens with zero attached hydrogens (tertiary/aromatic N) is 2. The van der Waals surface area contributed by atoms with Gasteiger partial charge >= 0.3 is 0 Å². The Hall–Kier alpha value is -3.32. The van der Waals surface area contributed by atoms with E-state index >= 15 is 0 Å². The maximum absolute atomic E-state index is 13.0. The first kappa shape index (κ1) is 21.9. The Morgan fingerprint density at radius 2 is 1.78 bits per heavy atom. The van der Waals surface area contributed by atoms with Crippen molar-refractivity contribution >= 4 is 27.5 Å². The molecular weight excluding hydrogens is 422 g/mol. The minimum Gasteiger partial charge on any atom is -0.490 e. The van der Waals surface area contributed by atoms with Crippen molar-refractivity contribution < 1.29 is 14.3 Å². The number of fused-ring (bicyclic) bond motifs is 1. The third kappa shape index (κ3) is 4.94. The summed E-state index contributed by atoms with van der Waals surface area (Å²) < 4.78 is 14.5. The third-order valence-corrected chi connectivity index (χ3v) is 6.01. The van der Waals surface area contributed by atoms with Crippen molar-refractivity contribution in [3.05, 3.63) is 77.1 Å². The van der Waals surface area contributed by atoms with Crippen molar-refractivity contribution in [2.45, 2.75) is 26.8 Å². The lowest BCUT2D eigenvalue weighted by Crippen LogP contribution is -2.28. The average molecular weight is 450 g/mol. The largest absolute Gasteiger partial charge is 0.490 e. The van der Waals surface area contributed by atoms with Crippen LogP contribution in [0.4, 0.5) is 0 Å². The molecule has 0 saturated carbocycles. The first-order valence-corrected chi connectivity index (χ1v) is 11.7. The van der Waals surface area contributed by atoms with Crippen LogP contribution in [-0.2, 0) is 13.0 Å².